The molecule has 9 heteroatoms. The molecule has 1 atom stereocenters. The van der Waals surface area contributed by atoms with Gasteiger partial charge in [0.25, 0.3) is 11.8 Å². The number of ether oxygens (including phenoxy) is 1. The molecule has 8 nitrogen and oxygen atoms in total. The van der Waals surface area contributed by atoms with Gasteiger partial charge in [0.1, 0.15) is 11.4 Å². The zero-order valence-electron chi connectivity index (χ0n) is 23.4. The Morgan fingerprint density at radius 3 is 2.19 bits per heavy atom. The molecule has 1 saturated heterocycles. The number of imide groups is 1. The van der Waals surface area contributed by atoms with E-state index in [2.05, 4.69) is 10.6 Å². The van der Waals surface area contributed by atoms with Gasteiger partial charge in [0, 0.05) is 22.6 Å². The second kappa shape index (κ2) is 13.7. The van der Waals surface area contributed by atoms with Crippen molar-refractivity contribution in [2.24, 2.45) is 0 Å². The number of thioether (sulfide) groups is 1. The van der Waals surface area contributed by atoms with Gasteiger partial charge in [-0.05, 0) is 79.2 Å². The van der Waals surface area contributed by atoms with E-state index in [1.807, 2.05) is 19.1 Å². The largest absolute Gasteiger partial charge is 0.494 e. The van der Waals surface area contributed by atoms with Crippen molar-refractivity contribution in [3.8, 4) is 5.75 Å². The minimum absolute atomic E-state index is 0.0625. The number of carbonyl (C=O) groups excluding carboxylic acids is 4. The Morgan fingerprint density at radius 1 is 0.884 bits per heavy atom. The summed E-state index contributed by atoms with van der Waals surface area (Å²) in [7, 11) is 0. The van der Waals surface area contributed by atoms with Crippen LogP contribution >= 0.6 is 11.8 Å². The Morgan fingerprint density at radius 2 is 1.53 bits per heavy atom. The van der Waals surface area contributed by atoms with E-state index >= 15 is 0 Å². The Kier molecular flexibility index (Phi) is 9.33. The van der Waals surface area contributed by atoms with Crippen molar-refractivity contribution in [2.45, 2.75) is 23.5 Å². The summed E-state index contributed by atoms with van der Waals surface area (Å²) < 4.78 is 5.49. The molecule has 0 radical (unpaired) electrons. The molecule has 0 aromatic heterocycles. The predicted molar refractivity (Wildman–Crippen MR) is 168 cm³/mol. The zero-order chi connectivity index (χ0) is 30.2. The molecule has 0 aliphatic carbocycles. The van der Waals surface area contributed by atoms with E-state index in [0.717, 1.165) is 4.90 Å². The summed E-state index contributed by atoms with van der Waals surface area (Å²) in [6, 6.07) is 31.7. The fraction of sp³-hybridized carbons (Fsp3) is 0.118. The molecular weight excluding hydrogens is 562 g/mol. The third-order valence-corrected chi connectivity index (χ3v) is 7.74. The van der Waals surface area contributed by atoms with Crippen LogP contribution in [0.2, 0.25) is 0 Å². The van der Waals surface area contributed by atoms with Gasteiger partial charge in [0.2, 0.25) is 11.8 Å². The van der Waals surface area contributed by atoms with Gasteiger partial charge in [-0.2, -0.15) is 0 Å². The van der Waals surface area contributed by atoms with Gasteiger partial charge in [0.05, 0.1) is 17.5 Å². The van der Waals surface area contributed by atoms with Crippen molar-refractivity contribution in [1.29, 1.82) is 0 Å². The Bertz CT molecular complexity index is 1640. The van der Waals surface area contributed by atoms with Gasteiger partial charge in [-0.1, -0.05) is 48.5 Å². The van der Waals surface area contributed by atoms with Crippen LogP contribution in [-0.2, 0) is 14.4 Å². The van der Waals surface area contributed by atoms with Crippen molar-refractivity contribution in [1.82, 2.24) is 5.32 Å². The Labute approximate surface area is 253 Å². The van der Waals surface area contributed by atoms with E-state index in [4.69, 9.17) is 4.74 Å². The van der Waals surface area contributed by atoms with Crippen molar-refractivity contribution < 1.29 is 23.9 Å². The van der Waals surface area contributed by atoms with Crippen LogP contribution in [0, 0.1) is 0 Å². The molecule has 1 fully saturated rings. The van der Waals surface area contributed by atoms with Crippen molar-refractivity contribution in [3.63, 3.8) is 0 Å². The second-order valence-corrected chi connectivity index (χ2v) is 10.8. The fourth-order valence-corrected chi connectivity index (χ4v) is 5.51. The van der Waals surface area contributed by atoms with Gasteiger partial charge in [-0.25, -0.2) is 4.90 Å². The highest BCUT2D eigenvalue weighted by atomic mass is 32.2. The molecule has 1 aliphatic heterocycles. The number of benzene rings is 4. The lowest BCUT2D eigenvalue weighted by Crippen LogP contribution is -2.31. The molecule has 0 spiro atoms. The van der Waals surface area contributed by atoms with Crippen molar-refractivity contribution in [3.05, 3.63) is 126 Å². The number of carbonyl (C=O) groups is 4. The van der Waals surface area contributed by atoms with Gasteiger partial charge in [-0.3, -0.25) is 19.2 Å². The molecule has 1 heterocycles. The van der Waals surface area contributed by atoms with Crippen molar-refractivity contribution >= 4 is 52.8 Å². The molecule has 5 rings (SSSR count). The summed E-state index contributed by atoms with van der Waals surface area (Å²) in [5.41, 5.74) is 2.24. The number of rotatable bonds is 10. The van der Waals surface area contributed by atoms with Crippen molar-refractivity contribution in [2.75, 3.05) is 16.8 Å². The molecule has 2 N–H and O–H groups in total. The fourth-order valence-electron chi connectivity index (χ4n) is 4.46. The summed E-state index contributed by atoms with van der Waals surface area (Å²) in [5, 5.41) is 5.02. The van der Waals surface area contributed by atoms with E-state index in [1.165, 1.54) is 16.7 Å². The quantitative estimate of drug-likeness (QED) is 0.175. The molecule has 4 aromatic carbocycles. The molecule has 43 heavy (non-hydrogen) atoms. The first-order chi connectivity index (χ1) is 20.9. The smallest absolute Gasteiger partial charge is 0.272 e. The van der Waals surface area contributed by atoms with Gasteiger partial charge >= 0.3 is 0 Å². The molecule has 1 unspecified atom stereocenters. The second-order valence-electron chi connectivity index (χ2n) is 9.57. The normalized spacial score (nSPS) is 14.9. The first-order valence-corrected chi connectivity index (χ1v) is 14.6. The van der Waals surface area contributed by atoms with Crippen LogP contribution in [0.4, 0.5) is 11.4 Å². The summed E-state index contributed by atoms with van der Waals surface area (Å²) in [4.78, 5) is 53.8. The summed E-state index contributed by atoms with van der Waals surface area (Å²) in [6.07, 6.45) is 1.70. The van der Waals surface area contributed by atoms with E-state index in [1.54, 1.807) is 103 Å². The highest BCUT2D eigenvalue weighted by molar-refractivity contribution is 8.00. The van der Waals surface area contributed by atoms with Gasteiger partial charge < -0.3 is 15.4 Å². The van der Waals surface area contributed by atoms with E-state index in [0.29, 0.717) is 34.9 Å². The maximum atomic E-state index is 13.4. The monoisotopic (exact) mass is 591 g/mol. The number of hydrogen-bond donors (Lipinski definition) is 2. The Hall–Kier alpha value is -5.15. The standard InChI is InChI=1S/C34H29N3O5S/c1-2-42-27-17-13-23(14-18-27)21-29(36-32(39)24-9-5-3-6-10-24)33(40)35-25-15-19-28(20-16-25)43-30-22-31(38)37(34(30)41)26-11-7-4-8-12-26/h3-21,30H,2,22H2,1H3,(H,35,40)(H,36,39)/b29-21-. The lowest BCUT2D eigenvalue weighted by Gasteiger charge is -2.15. The first-order valence-electron chi connectivity index (χ1n) is 13.7. The molecule has 216 valence electrons. The third kappa shape index (κ3) is 7.38. The van der Waals surface area contributed by atoms with Gasteiger partial charge in [0.15, 0.2) is 0 Å². The molecule has 1 aliphatic rings. The minimum atomic E-state index is -0.537. The zero-order valence-corrected chi connectivity index (χ0v) is 24.2. The highest BCUT2D eigenvalue weighted by Crippen LogP contribution is 2.34. The lowest BCUT2D eigenvalue weighted by atomic mass is 10.1. The van der Waals surface area contributed by atoms with E-state index < -0.39 is 17.1 Å². The topological polar surface area (TPSA) is 105 Å². The molecular formula is C34H29N3O5S. The maximum Gasteiger partial charge on any atom is 0.272 e. The number of hydrogen-bond acceptors (Lipinski definition) is 6. The average Bonchev–Trinajstić information content (AvgIpc) is 3.31. The molecule has 0 bridgehead atoms. The van der Waals surface area contributed by atoms with Crippen LogP contribution in [0.5, 0.6) is 5.75 Å². The predicted octanol–water partition coefficient (Wildman–Crippen LogP) is 5.92. The summed E-state index contributed by atoms with van der Waals surface area (Å²) >= 11 is 1.30. The Balaban J connectivity index is 1.28. The van der Waals surface area contributed by atoms with Crippen LogP contribution in [0.15, 0.2) is 120 Å². The number of anilines is 2. The van der Waals surface area contributed by atoms with E-state index in [9.17, 15) is 19.2 Å². The number of nitrogens with zero attached hydrogens (tertiary/aromatic N) is 1. The van der Waals surface area contributed by atoms with Gasteiger partial charge in [-0.15, -0.1) is 11.8 Å². The van der Waals surface area contributed by atoms with E-state index in [-0.39, 0.29) is 23.9 Å². The minimum Gasteiger partial charge on any atom is -0.494 e. The van der Waals surface area contributed by atoms with Crippen LogP contribution < -0.4 is 20.3 Å². The first kappa shape index (κ1) is 29.3. The molecule has 4 amide bonds. The van der Waals surface area contributed by atoms with Crippen LogP contribution in [-0.4, -0.2) is 35.5 Å². The average molecular weight is 592 g/mol. The number of amides is 4. The third-order valence-electron chi connectivity index (χ3n) is 6.54. The SMILES string of the molecule is CCOc1ccc(/C=C(\NC(=O)c2ccccc2)C(=O)Nc2ccc(SC3CC(=O)N(c4ccccc4)C3=O)cc2)cc1. The van der Waals surface area contributed by atoms with Crippen LogP contribution in [0.1, 0.15) is 29.3 Å². The molecule has 4 aromatic rings. The lowest BCUT2D eigenvalue weighted by molar-refractivity contribution is -0.121. The maximum absolute atomic E-state index is 13.4. The van der Waals surface area contributed by atoms with Crippen LogP contribution in [0.25, 0.3) is 6.08 Å². The van der Waals surface area contributed by atoms with Crippen LogP contribution in [0.3, 0.4) is 0 Å². The number of para-hydroxylation sites is 1. The summed E-state index contributed by atoms with van der Waals surface area (Å²) in [6.45, 7) is 2.43. The summed E-state index contributed by atoms with van der Waals surface area (Å²) in [5.74, 6) is -0.708. The highest BCUT2D eigenvalue weighted by Gasteiger charge is 2.40. The molecule has 0 saturated carbocycles. The number of nitrogens with one attached hydrogen (secondary N) is 2.